The molecule has 5 nitrogen and oxygen atoms in total. The number of nitrogens with one attached hydrogen (secondary N) is 2. The second-order valence-electron chi connectivity index (χ2n) is 8.62. The lowest BCUT2D eigenvalue weighted by molar-refractivity contribution is 0.262. The van der Waals surface area contributed by atoms with Gasteiger partial charge in [0.1, 0.15) is 17.3 Å². The second kappa shape index (κ2) is 8.41. The summed E-state index contributed by atoms with van der Waals surface area (Å²) in [5, 5.41) is 5.89. The number of nitrogens with zero attached hydrogens (tertiary/aromatic N) is 1. The van der Waals surface area contributed by atoms with E-state index in [0.29, 0.717) is 11.6 Å². The van der Waals surface area contributed by atoms with Gasteiger partial charge in [0, 0.05) is 24.1 Å². The number of aryl methyl sites for hydroxylation is 4. The Bertz CT molecular complexity index is 1530. The summed E-state index contributed by atoms with van der Waals surface area (Å²) >= 11 is 0. The number of aromatic nitrogens is 1. The molecule has 0 radical (unpaired) electrons. The molecule has 0 saturated heterocycles. The predicted molar refractivity (Wildman–Crippen MR) is 130 cm³/mol. The molecule has 0 bridgehead atoms. The molecule has 172 valence electrons. The molecule has 0 saturated carbocycles. The predicted octanol–water partition coefficient (Wildman–Crippen LogP) is 5.92. The third-order valence-electron chi connectivity index (χ3n) is 6.44. The highest BCUT2D eigenvalue weighted by atomic mass is 19.1. The van der Waals surface area contributed by atoms with Crippen molar-refractivity contribution in [3.05, 3.63) is 93.3 Å². The molecular weight excluding hydrogens is 436 g/mol. The molecule has 0 unspecified atom stereocenters. The maximum Gasteiger partial charge on any atom is 0.323 e. The topological polar surface area (TPSA) is 63.1 Å². The van der Waals surface area contributed by atoms with Gasteiger partial charge in [0.05, 0.1) is 11.2 Å². The van der Waals surface area contributed by atoms with Crippen molar-refractivity contribution in [2.75, 3.05) is 10.6 Å². The van der Waals surface area contributed by atoms with Gasteiger partial charge in [-0.25, -0.2) is 13.6 Å². The van der Waals surface area contributed by atoms with Gasteiger partial charge >= 0.3 is 6.03 Å². The van der Waals surface area contributed by atoms with Gasteiger partial charge in [0.15, 0.2) is 0 Å². The maximum atomic E-state index is 14.1. The van der Waals surface area contributed by atoms with Crippen molar-refractivity contribution in [1.29, 1.82) is 0 Å². The average molecular weight is 459 g/mol. The number of carbonyl (C=O) groups excluding carboxylic acids is 1. The van der Waals surface area contributed by atoms with Crippen LogP contribution in [0.25, 0.3) is 22.0 Å². The molecule has 0 atom stereocenters. The lowest BCUT2D eigenvalue weighted by atomic mass is 9.93. The van der Waals surface area contributed by atoms with E-state index < -0.39 is 17.7 Å². The second-order valence-corrected chi connectivity index (χ2v) is 8.62. The number of carbonyl (C=O) groups is 1. The summed E-state index contributed by atoms with van der Waals surface area (Å²) < 4.78 is 28.8. The molecular formula is C27H23F2N3O2. The first-order valence-corrected chi connectivity index (χ1v) is 11.1. The highest BCUT2D eigenvalue weighted by molar-refractivity contribution is 6.08. The van der Waals surface area contributed by atoms with E-state index in [9.17, 15) is 18.4 Å². The number of rotatable bonds is 3. The van der Waals surface area contributed by atoms with Crippen molar-refractivity contribution in [1.82, 2.24) is 4.57 Å². The molecule has 3 aromatic carbocycles. The van der Waals surface area contributed by atoms with Gasteiger partial charge in [0.25, 0.3) is 5.56 Å². The monoisotopic (exact) mass is 459 g/mol. The van der Waals surface area contributed by atoms with Crippen LogP contribution in [0.15, 0.2) is 59.4 Å². The minimum atomic E-state index is -0.906. The molecule has 5 rings (SSSR count). The van der Waals surface area contributed by atoms with E-state index in [1.54, 1.807) is 7.05 Å². The molecule has 1 aromatic heterocycles. The molecule has 7 heteroatoms. The summed E-state index contributed by atoms with van der Waals surface area (Å²) in [6.45, 7) is 1.95. The molecule has 1 aliphatic carbocycles. The van der Waals surface area contributed by atoms with Gasteiger partial charge in [-0.1, -0.05) is 24.3 Å². The third-order valence-corrected chi connectivity index (χ3v) is 6.44. The standard InChI is InChI=1S/C27H23F2N3O2/c1-15-6-3-4-9-19(15)24-20-12-16-7-5-8-17(16)13-23(20)32(2)26(33)25(24)31-27(34)30-22-11-10-18(28)14-21(22)29/h3-4,6,9-14H,5,7-8H2,1-2H3,(H2,30,31,34). The summed E-state index contributed by atoms with van der Waals surface area (Å²) in [5.74, 6) is -1.66. The van der Waals surface area contributed by atoms with E-state index >= 15 is 0 Å². The van der Waals surface area contributed by atoms with Crippen molar-refractivity contribution in [2.24, 2.45) is 7.05 Å². The molecule has 1 aliphatic rings. The summed E-state index contributed by atoms with van der Waals surface area (Å²) in [7, 11) is 1.68. The number of hydrogen-bond acceptors (Lipinski definition) is 2. The summed E-state index contributed by atoms with van der Waals surface area (Å²) in [6, 6.07) is 13.9. The zero-order chi connectivity index (χ0) is 24.0. The van der Waals surface area contributed by atoms with Gasteiger partial charge < -0.3 is 15.2 Å². The van der Waals surface area contributed by atoms with Crippen LogP contribution in [0.3, 0.4) is 0 Å². The highest BCUT2D eigenvalue weighted by Gasteiger charge is 2.23. The SMILES string of the molecule is Cc1ccccc1-c1c(NC(=O)Nc2ccc(F)cc2F)c(=O)n(C)c2cc3c(cc12)CCC3. The smallest absolute Gasteiger partial charge is 0.310 e. The molecule has 0 fully saturated rings. The first-order valence-electron chi connectivity index (χ1n) is 11.1. The van der Waals surface area contributed by atoms with Crippen molar-refractivity contribution in [2.45, 2.75) is 26.2 Å². The normalized spacial score (nSPS) is 12.6. The Labute approximate surface area is 195 Å². The molecule has 4 aromatic rings. The number of hydrogen-bond donors (Lipinski definition) is 2. The number of benzene rings is 3. The summed E-state index contributed by atoms with van der Waals surface area (Å²) in [4.78, 5) is 26.3. The quantitative estimate of drug-likeness (QED) is 0.399. The van der Waals surface area contributed by atoms with Gasteiger partial charge in [-0.05, 0) is 72.7 Å². The third kappa shape index (κ3) is 3.73. The van der Waals surface area contributed by atoms with E-state index in [1.807, 2.05) is 31.2 Å². The van der Waals surface area contributed by atoms with E-state index in [1.165, 1.54) is 15.7 Å². The minimum absolute atomic E-state index is 0.0993. The van der Waals surface area contributed by atoms with Crippen LogP contribution < -0.4 is 16.2 Å². The van der Waals surface area contributed by atoms with Crippen LogP contribution in [-0.2, 0) is 19.9 Å². The number of fused-ring (bicyclic) bond motifs is 2. The van der Waals surface area contributed by atoms with Crippen molar-refractivity contribution < 1.29 is 13.6 Å². The Balaban J connectivity index is 1.69. The van der Waals surface area contributed by atoms with Crippen LogP contribution >= 0.6 is 0 Å². The molecule has 34 heavy (non-hydrogen) atoms. The Morgan fingerprint density at radius 2 is 1.71 bits per heavy atom. The Kier molecular flexibility index (Phi) is 5.40. The van der Waals surface area contributed by atoms with Crippen LogP contribution in [0.4, 0.5) is 25.0 Å². The summed E-state index contributed by atoms with van der Waals surface area (Å²) in [5.41, 5.74) is 5.21. The largest absolute Gasteiger partial charge is 0.323 e. The summed E-state index contributed by atoms with van der Waals surface area (Å²) in [6.07, 6.45) is 3.01. The Morgan fingerprint density at radius 1 is 0.971 bits per heavy atom. The number of urea groups is 1. The Hall–Kier alpha value is -4.00. The molecule has 0 aliphatic heterocycles. The van der Waals surface area contributed by atoms with Crippen LogP contribution in [0.2, 0.25) is 0 Å². The fraction of sp³-hybridized carbons (Fsp3) is 0.185. The van der Waals surface area contributed by atoms with Crippen LogP contribution in [0.5, 0.6) is 0 Å². The Morgan fingerprint density at radius 3 is 2.44 bits per heavy atom. The highest BCUT2D eigenvalue weighted by Crippen LogP contribution is 2.38. The van der Waals surface area contributed by atoms with Crippen LogP contribution in [-0.4, -0.2) is 10.6 Å². The van der Waals surface area contributed by atoms with E-state index in [0.717, 1.165) is 53.4 Å². The first-order chi connectivity index (χ1) is 16.3. The van der Waals surface area contributed by atoms with Crippen molar-refractivity contribution >= 4 is 28.3 Å². The number of pyridine rings is 1. The zero-order valence-corrected chi connectivity index (χ0v) is 18.8. The first kappa shape index (κ1) is 21.8. The van der Waals surface area contributed by atoms with Crippen LogP contribution in [0, 0.1) is 18.6 Å². The molecule has 2 amide bonds. The lowest BCUT2D eigenvalue weighted by Gasteiger charge is -2.19. The zero-order valence-electron chi connectivity index (χ0n) is 18.8. The van der Waals surface area contributed by atoms with E-state index in [-0.39, 0.29) is 16.9 Å². The number of anilines is 2. The van der Waals surface area contributed by atoms with Crippen molar-refractivity contribution in [3.63, 3.8) is 0 Å². The minimum Gasteiger partial charge on any atom is -0.310 e. The lowest BCUT2D eigenvalue weighted by Crippen LogP contribution is -2.28. The van der Waals surface area contributed by atoms with Gasteiger partial charge in [-0.3, -0.25) is 4.79 Å². The number of halogens is 2. The van der Waals surface area contributed by atoms with Gasteiger partial charge in [-0.15, -0.1) is 0 Å². The fourth-order valence-electron chi connectivity index (χ4n) is 4.71. The van der Waals surface area contributed by atoms with Gasteiger partial charge in [-0.2, -0.15) is 0 Å². The van der Waals surface area contributed by atoms with Gasteiger partial charge in [0.2, 0.25) is 0 Å². The molecule has 1 heterocycles. The van der Waals surface area contributed by atoms with E-state index in [2.05, 4.69) is 22.8 Å². The molecule has 2 N–H and O–H groups in total. The fourth-order valence-corrected chi connectivity index (χ4v) is 4.71. The average Bonchev–Trinajstić information content (AvgIpc) is 3.27. The van der Waals surface area contributed by atoms with Crippen LogP contribution in [0.1, 0.15) is 23.1 Å². The molecule has 0 spiro atoms. The maximum absolute atomic E-state index is 14.1. The van der Waals surface area contributed by atoms with Crippen molar-refractivity contribution in [3.8, 4) is 11.1 Å². The number of amides is 2. The van der Waals surface area contributed by atoms with E-state index in [4.69, 9.17) is 0 Å².